The van der Waals surface area contributed by atoms with Gasteiger partial charge in [0.25, 0.3) is 0 Å². The van der Waals surface area contributed by atoms with Gasteiger partial charge in [0, 0.05) is 0 Å². The third-order valence-electron chi connectivity index (χ3n) is 4.44. The molecule has 0 amide bonds. The van der Waals surface area contributed by atoms with Crippen molar-refractivity contribution in [2.45, 2.75) is 63.4 Å². The molecular formula is C16H23NO3S. The molecule has 0 spiro atoms. The summed E-state index contributed by atoms with van der Waals surface area (Å²) < 4.78 is 26.9. The molecule has 1 unspecified atom stereocenters. The Labute approximate surface area is 127 Å². The Morgan fingerprint density at radius 1 is 1.29 bits per heavy atom. The summed E-state index contributed by atoms with van der Waals surface area (Å²) in [6.07, 6.45) is 2.65. The zero-order valence-corrected chi connectivity index (χ0v) is 13.9. The lowest BCUT2D eigenvalue weighted by Crippen LogP contribution is -2.27. The van der Waals surface area contributed by atoms with E-state index in [0.717, 1.165) is 24.8 Å². The number of Topliss-reactive ketones (excluding diaryl/α,β-unsaturated/α-hetero) is 1. The predicted molar refractivity (Wildman–Crippen MR) is 82.6 cm³/mol. The van der Waals surface area contributed by atoms with Crippen LogP contribution in [-0.4, -0.2) is 30.1 Å². The number of unbranched alkanes of at least 4 members (excludes halogenated alkanes) is 1. The Kier molecular flexibility index (Phi) is 4.26. The highest BCUT2D eigenvalue weighted by Gasteiger charge is 2.67. The van der Waals surface area contributed by atoms with Crippen LogP contribution in [0.4, 0.5) is 0 Å². The van der Waals surface area contributed by atoms with Gasteiger partial charge in [0.2, 0.25) is 10.0 Å². The van der Waals surface area contributed by atoms with Crippen LogP contribution < -0.4 is 0 Å². The van der Waals surface area contributed by atoms with Crippen LogP contribution in [0.15, 0.2) is 29.2 Å². The van der Waals surface area contributed by atoms with E-state index in [0.29, 0.717) is 0 Å². The van der Waals surface area contributed by atoms with Crippen LogP contribution in [0.1, 0.15) is 45.6 Å². The first-order chi connectivity index (χ1) is 9.76. The number of aryl methyl sites for hydroxylation is 1. The molecule has 1 fully saturated rings. The van der Waals surface area contributed by atoms with Gasteiger partial charge in [-0.25, -0.2) is 8.42 Å². The van der Waals surface area contributed by atoms with Crippen LogP contribution in [0.25, 0.3) is 0 Å². The minimum atomic E-state index is -3.60. The van der Waals surface area contributed by atoms with Gasteiger partial charge in [0.15, 0.2) is 5.78 Å². The Balaban J connectivity index is 2.34. The summed E-state index contributed by atoms with van der Waals surface area (Å²) in [5.41, 5.74) is 0.135. The third-order valence-corrected chi connectivity index (χ3v) is 6.46. The maximum atomic E-state index is 12.8. The summed E-state index contributed by atoms with van der Waals surface area (Å²) in [7, 11) is -3.60. The predicted octanol–water partition coefficient (Wildman–Crippen LogP) is 2.91. The highest BCUT2D eigenvalue weighted by molar-refractivity contribution is 7.89. The fourth-order valence-electron chi connectivity index (χ4n) is 2.85. The monoisotopic (exact) mass is 309 g/mol. The number of sulfonamides is 1. The van der Waals surface area contributed by atoms with Gasteiger partial charge in [0.05, 0.1) is 10.9 Å². The van der Waals surface area contributed by atoms with Crippen molar-refractivity contribution in [2.75, 3.05) is 0 Å². The molecular weight excluding hydrogens is 286 g/mol. The van der Waals surface area contributed by atoms with E-state index < -0.39 is 15.6 Å². The zero-order chi connectivity index (χ0) is 15.8. The summed E-state index contributed by atoms with van der Waals surface area (Å²) in [5.74, 6) is -0.0840. The first-order valence-corrected chi connectivity index (χ1v) is 8.82. The molecule has 0 aliphatic carbocycles. The molecule has 1 aliphatic rings. The lowest BCUT2D eigenvalue weighted by atomic mass is 10.00. The molecule has 1 aromatic rings. The van der Waals surface area contributed by atoms with Gasteiger partial charge in [-0.05, 0) is 39.3 Å². The highest BCUT2D eigenvalue weighted by atomic mass is 32.2. The van der Waals surface area contributed by atoms with E-state index in [-0.39, 0.29) is 16.7 Å². The normalized spacial score (nSPS) is 28.4. The van der Waals surface area contributed by atoms with Crippen molar-refractivity contribution in [3.63, 3.8) is 0 Å². The molecule has 0 N–H and O–H groups in total. The second-order valence-electron chi connectivity index (χ2n) is 5.98. The number of rotatable bonds is 6. The zero-order valence-electron chi connectivity index (χ0n) is 13.1. The van der Waals surface area contributed by atoms with Gasteiger partial charge < -0.3 is 0 Å². The lowest BCUT2D eigenvalue weighted by Gasteiger charge is -2.10. The van der Waals surface area contributed by atoms with Crippen molar-refractivity contribution in [1.29, 1.82) is 0 Å². The van der Waals surface area contributed by atoms with E-state index in [9.17, 15) is 13.2 Å². The fraction of sp³-hybridized carbons (Fsp3) is 0.562. The van der Waals surface area contributed by atoms with Crippen LogP contribution in [0, 0.1) is 6.92 Å². The smallest absolute Gasteiger partial charge is 0.244 e. The quantitative estimate of drug-likeness (QED) is 0.759. The molecule has 0 aromatic heterocycles. The van der Waals surface area contributed by atoms with Crippen molar-refractivity contribution in [3.8, 4) is 0 Å². The maximum absolute atomic E-state index is 12.8. The molecule has 116 valence electrons. The summed E-state index contributed by atoms with van der Waals surface area (Å²) in [4.78, 5) is 12.2. The van der Waals surface area contributed by atoms with E-state index in [1.165, 1.54) is 11.2 Å². The lowest BCUT2D eigenvalue weighted by molar-refractivity contribution is -0.119. The first-order valence-electron chi connectivity index (χ1n) is 7.38. The number of carbonyl (C=O) groups excluding carboxylic acids is 1. The molecule has 3 atom stereocenters. The van der Waals surface area contributed by atoms with E-state index in [1.807, 2.05) is 6.92 Å². The second kappa shape index (κ2) is 5.54. The van der Waals surface area contributed by atoms with Gasteiger partial charge in [-0.2, -0.15) is 4.31 Å². The van der Waals surface area contributed by atoms with E-state index >= 15 is 0 Å². The van der Waals surface area contributed by atoms with Gasteiger partial charge in [-0.1, -0.05) is 37.5 Å². The molecule has 0 radical (unpaired) electrons. The average Bonchev–Trinajstić information content (AvgIpc) is 3.04. The molecule has 0 bridgehead atoms. The summed E-state index contributed by atoms with van der Waals surface area (Å²) >= 11 is 0. The number of carbonyl (C=O) groups is 1. The third kappa shape index (κ3) is 2.64. The highest BCUT2D eigenvalue weighted by Crippen LogP contribution is 2.48. The van der Waals surface area contributed by atoms with E-state index in [4.69, 9.17) is 0 Å². The van der Waals surface area contributed by atoms with Gasteiger partial charge >= 0.3 is 0 Å². The number of nitrogens with zero attached hydrogens (tertiary/aromatic N) is 1. The molecule has 1 saturated heterocycles. The standard InChI is InChI=1S/C16H23NO3S/c1-5-6-7-15-16(4,13(3)18)17(15)21(19,20)14-10-8-12(2)9-11-14/h8-11,15H,5-7H2,1-4H3/t15-,16+,17?/m1/s1. The Bertz CT molecular complexity index is 636. The Morgan fingerprint density at radius 2 is 1.86 bits per heavy atom. The van der Waals surface area contributed by atoms with Crippen LogP contribution in [0.5, 0.6) is 0 Å². The molecule has 2 rings (SSSR count). The van der Waals surface area contributed by atoms with Gasteiger partial charge in [-0.15, -0.1) is 0 Å². The van der Waals surface area contributed by atoms with Crippen LogP contribution in [0.3, 0.4) is 0 Å². The topological polar surface area (TPSA) is 54.2 Å². The van der Waals surface area contributed by atoms with E-state index in [2.05, 4.69) is 6.92 Å². The van der Waals surface area contributed by atoms with Gasteiger partial charge in [-0.3, -0.25) is 4.79 Å². The number of hydrogen-bond acceptors (Lipinski definition) is 3. The molecule has 0 saturated carbocycles. The molecule has 21 heavy (non-hydrogen) atoms. The van der Waals surface area contributed by atoms with Crippen molar-refractivity contribution in [3.05, 3.63) is 29.8 Å². The molecule has 1 aliphatic heterocycles. The number of hydrogen-bond donors (Lipinski definition) is 0. The summed E-state index contributed by atoms with van der Waals surface area (Å²) in [5, 5.41) is 0. The second-order valence-corrected chi connectivity index (χ2v) is 7.79. The van der Waals surface area contributed by atoms with Crippen molar-refractivity contribution < 1.29 is 13.2 Å². The summed E-state index contributed by atoms with van der Waals surface area (Å²) in [6.45, 7) is 7.19. The minimum absolute atomic E-state index is 0.0840. The van der Waals surface area contributed by atoms with Crippen LogP contribution in [0.2, 0.25) is 0 Å². The first kappa shape index (κ1) is 16.2. The molecule has 5 heteroatoms. The number of ketones is 1. The van der Waals surface area contributed by atoms with Crippen molar-refractivity contribution in [1.82, 2.24) is 4.31 Å². The number of benzene rings is 1. The fourth-order valence-corrected chi connectivity index (χ4v) is 4.91. The molecule has 1 heterocycles. The summed E-state index contributed by atoms with van der Waals surface area (Å²) in [6, 6.07) is 6.58. The maximum Gasteiger partial charge on any atom is 0.244 e. The minimum Gasteiger partial charge on any atom is -0.298 e. The average molecular weight is 309 g/mol. The molecule has 1 aromatic carbocycles. The van der Waals surface area contributed by atoms with Gasteiger partial charge in [0.1, 0.15) is 5.54 Å². The SMILES string of the molecule is CCCC[C@H]1N(S(=O)(=O)c2ccc(C)cc2)[C@@]1(C)C(C)=O. The largest absolute Gasteiger partial charge is 0.298 e. The van der Waals surface area contributed by atoms with Crippen molar-refractivity contribution >= 4 is 15.8 Å². The van der Waals surface area contributed by atoms with Crippen LogP contribution >= 0.6 is 0 Å². The van der Waals surface area contributed by atoms with Crippen LogP contribution in [-0.2, 0) is 14.8 Å². The Hall–Kier alpha value is -1.20. The Morgan fingerprint density at radius 3 is 2.33 bits per heavy atom. The molecule has 4 nitrogen and oxygen atoms in total. The van der Waals surface area contributed by atoms with Crippen molar-refractivity contribution in [2.24, 2.45) is 0 Å². The van der Waals surface area contributed by atoms with E-state index in [1.54, 1.807) is 31.2 Å².